The number of sulfonamides is 1. The third-order valence-electron chi connectivity index (χ3n) is 4.78. The molecule has 0 spiro atoms. The number of anilines is 3. The Morgan fingerprint density at radius 3 is 2.43 bits per heavy atom. The summed E-state index contributed by atoms with van der Waals surface area (Å²) in [7, 11) is -3.93. The monoisotopic (exact) mass is 497 g/mol. The van der Waals surface area contributed by atoms with Crippen LogP contribution in [0.25, 0.3) is 11.0 Å². The van der Waals surface area contributed by atoms with E-state index in [2.05, 4.69) is 25.1 Å². The summed E-state index contributed by atoms with van der Waals surface area (Å²) in [5.41, 5.74) is 1.15. The summed E-state index contributed by atoms with van der Waals surface area (Å²) in [6.45, 7) is 1.90. The molecule has 0 aliphatic rings. The highest BCUT2D eigenvalue weighted by Gasteiger charge is 2.17. The molecule has 35 heavy (non-hydrogen) atoms. The van der Waals surface area contributed by atoms with Crippen molar-refractivity contribution in [3.8, 4) is 0 Å². The number of aromatic nitrogens is 4. The largest absolute Gasteiger partial charge is 0.465 e. The van der Waals surface area contributed by atoms with Gasteiger partial charge in [0.1, 0.15) is 18.7 Å². The van der Waals surface area contributed by atoms with E-state index in [4.69, 9.17) is 4.74 Å². The van der Waals surface area contributed by atoms with Gasteiger partial charge in [0.05, 0.1) is 28.0 Å². The Balaban J connectivity index is 1.48. The van der Waals surface area contributed by atoms with E-state index in [0.29, 0.717) is 28.2 Å². The average Bonchev–Trinajstić information content (AvgIpc) is 3.24. The van der Waals surface area contributed by atoms with Gasteiger partial charge >= 0.3 is 5.97 Å². The second kappa shape index (κ2) is 9.72. The van der Waals surface area contributed by atoms with E-state index >= 15 is 0 Å². The first-order chi connectivity index (χ1) is 16.8. The van der Waals surface area contributed by atoms with E-state index in [-0.39, 0.29) is 23.7 Å². The number of esters is 1. The molecule has 2 N–H and O–H groups in total. The first-order valence-electron chi connectivity index (χ1n) is 10.2. The SMILES string of the molecule is CCOC(=O)Cn1ncc2c(Nc3ccc(NS(=O)(=O)c4ccc([N+](=O)[O-])cc4)cc3)ncnc21. The van der Waals surface area contributed by atoms with Crippen LogP contribution in [-0.2, 0) is 26.1 Å². The number of hydrogen-bond acceptors (Lipinski definition) is 10. The van der Waals surface area contributed by atoms with E-state index in [9.17, 15) is 23.3 Å². The van der Waals surface area contributed by atoms with Crippen molar-refractivity contribution in [2.75, 3.05) is 16.6 Å². The Hall–Kier alpha value is -4.59. The van der Waals surface area contributed by atoms with Crippen molar-refractivity contribution in [1.29, 1.82) is 0 Å². The van der Waals surface area contributed by atoms with E-state index in [1.807, 2.05) is 0 Å². The van der Waals surface area contributed by atoms with Gasteiger partial charge in [0.25, 0.3) is 15.7 Å². The maximum atomic E-state index is 12.6. The van der Waals surface area contributed by atoms with Crippen LogP contribution < -0.4 is 10.0 Å². The maximum Gasteiger partial charge on any atom is 0.327 e. The van der Waals surface area contributed by atoms with Gasteiger partial charge in [-0.25, -0.2) is 23.1 Å². The van der Waals surface area contributed by atoms with Crippen molar-refractivity contribution in [1.82, 2.24) is 19.7 Å². The normalized spacial score (nSPS) is 11.2. The van der Waals surface area contributed by atoms with Crippen LogP contribution in [0.15, 0.2) is 66.0 Å². The molecule has 0 unspecified atom stereocenters. The van der Waals surface area contributed by atoms with Crippen LogP contribution in [0.3, 0.4) is 0 Å². The predicted molar refractivity (Wildman–Crippen MR) is 126 cm³/mol. The summed E-state index contributed by atoms with van der Waals surface area (Å²) >= 11 is 0. The molecule has 0 amide bonds. The van der Waals surface area contributed by atoms with Crippen molar-refractivity contribution < 1.29 is 22.9 Å². The predicted octanol–water partition coefficient (Wildman–Crippen LogP) is 2.84. The van der Waals surface area contributed by atoms with Gasteiger partial charge < -0.3 is 10.1 Å². The lowest BCUT2D eigenvalue weighted by molar-refractivity contribution is -0.384. The number of hydrogen-bond donors (Lipinski definition) is 2. The molecule has 0 aliphatic heterocycles. The topological polar surface area (TPSA) is 171 Å². The van der Waals surface area contributed by atoms with E-state index in [0.717, 1.165) is 12.1 Å². The molecule has 0 saturated carbocycles. The molecule has 4 aromatic rings. The standard InChI is InChI=1S/C21H19N7O6S/c1-2-34-19(29)12-27-21-18(11-24-27)20(22-13-23-21)25-14-3-5-15(6-4-14)26-35(32,33)17-9-7-16(8-10-17)28(30)31/h3-11,13,26H,2,12H2,1H3,(H,22,23,25). The highest BCUT2D eigenvalue weighted by atomic mass is 32.2. The van der Waals surface area contributed by atoms with Gasteiger partial charge in [0, 0.05) is 23.5 Å². The van der Waals surface area contributed by atoms with Crippen LogP contribution in [0.4, 0.5) is 22.9 Å². The number of fused-ring (bicyclic) bond motifs is 1. The van der Waals surface area contributed by atoms with Gasteiger partial charge in [-0.1, -0.05) is 0 Å². The molecule has 0 radical (unpaired) electrons. The zero-order chi connectivity index (χ0) is 25.0. The Morgan fingerprint density at radius 1 is 1.09 bits per heavy atom. The number of benzene rings is 2. The zero-order valence-electron chi connectivity index (χ0n) is 18.3. The molecule has 0 atom stereocenters. The lowest BCUT2D eigenvalue weighted by Crippen LogP contribution is -2.14. The van der Waals surface area contributed by atoms with Crippen LogP contribution in [-0.4, -0.2) is 45.7 Å². The third kappa shape index (κ3) is 5.33. The summed E-state index contributed by atoms with van der Waals surface area (Å²) in [4.78, 5) is 30.2. The highest BCUT2D eigenvalue weighted by molar-refractivity contribution is 7.92. The van der Waals surface area contributed by atoms with Crippen LogP contribution in [0.5, 0.6) is 0 Å². The van der Waals surface area contributed by atoms with Crippen LogP contribution in [0.1, 0.15) is 6.92 Å². The van der Waals surface area contributed by atoms with Crippen molar-refractivity contribution in [3.63, 3.8) is 0 Å². The Labute approximate surface area is 199 Å². The molecular formula is C21H19N7O6S. The van der Waals surface area contributed by atoms with Gasteiger partial charge in [-0.2, -0.15) is 5.10 Å². The highest BCUT2D eigenvalue weighted by Crippen LogP contribution is 2.25. The van der Waals surface area contributed by atoms with Crippen LogP contribution in [0, 0.1) is 10.1 Å². The molecule has 14 heteroatoms. The lowest BCUT2D eigenvalue weighted by Gasteiger charge is -2.10. The van der Waals surface area contributed by atoms with E-state index < -0.39 is 20.9 Å². The number of carbonyl (C=O) groups is 1. The number of nitrogens with one attached hydrogen (secondary N) is 2. The quantitative estimate of drug-likeness (QED) is 0.199. The Kier molecular flexibility index (Phi) is 6.55. The minimum absolute atomic E-state index is 0.0859. The Bertz CT molecular complexity index is 1490. The summed E-state index contributed by atoms with van der Waals surface area (Å²) in [6.07, 6.45) is 2.87. The van der Waals surface area contributed by atoms with Gasteiger partial charge in [0.15, 0.2) is 5.65 Å². The van der Waals surface area contributed by atoms with Crippen molar-refractivity contribution in [2.45, 2.75) is 18.4 Å². The molecule has 2 aromatic carbocycles. The number of ether oxygens (including phenoxy) is 1. The van der Waals surface area contributed by atoms with Gasteiger partial charge in [-0.15, -0.1) is 0 Å². The first-order valence-corrected chi connectivity index (χ1v) is 11.7. The molecule has 2 aromatic heterocycles. The van der Waals surface area contributed by atoms with Crippen molar-refractivity contribution >= 4 is 49.9 Å². The number of nitro groups is 1. The summed E-state index contributed by atoms with van der Waals surface area (Å²) in [5, 5.41) is 18.6. The van der Waals surface area contributed by atoms with E-state index in [1.165, 1.54) is 29.3 Å². The number of rotatable bonds is 9. The summed E-state index contributed by atoms with van der Waals surface area (Å²) in [5.74, 6) is 0.0155. The fourth-order valence-corrected chi connectivity index (χ4v) is 4.22. The van der Waals surface area contributed by atoms with Gasteiger partial charge in [0.2, 0.25) is 0 Å². The number of nitrogens with zero attached hydrogens (tertiary/aromatic N) is 5. The average molecular weight is 497 g/mol. The fourth-order valence-electron chi connectivity index (χ4n) is 3.16. The molecule has 0 saturated heterocycles. The number of carbonyl (C=O) groups excluding carboxylic acids is 1. The second-order valence-corrected chi connectivity index (χ2v) is 8.81. The molecule has 0 aliphatic carbocycles. The number of nitro benzene ring substituents is 1. The molecule has 0 fully saturated rings. The smallest absolute Gasteiger partial charge is 0.327 e. The third-order valence-corrected chi connectivity index (χ3v) is 6.17. The lowest BCUT2D eigenvalue weighted by atomic mass is 10.3. The van der Waals surface area contributed by atoms with E-state index in [1.54, 1.807) is 31.2 Å². The second-order valence-electron chi connectivity index (χ2n) is 7.13. The molecular weight excluding hydrogens is 478 g/mol. The van der Waals surface area contributed by atoms with Crippen LogP contribution >= 0.6 is 0 Å². The van der Waals surface area contributed by atoms with Gasteiger partial charge in [-0.3, -0.25) is 19.6 Å². The van der Waals surface area contributed by atoms with Crippen LogP contribution in [0.2, 0.25) is 0 Å². The molecule has 0 bridgehead atoms. The van der Waals surface area contributed by atoms with Crippen molar-refractivity contribution in [2.24, 2.45) is 0 Å². The molecule has 13 nitrogen and oxygen atoms in total. The number of non-ortho nitro benzene ring substituents is 1. The Morgan fingerprint density at radius 2 is 1.77 bits per heavy atom. The zero-order valence-corrected chi connectivity index (χ0v) is 19.1. The summed E-state index contributed by atoms with van der Waals surface area (Å²) in [6, 6.07) is 11.0. The molecule has 4 rings (SSSR count). The first kappa shape index (κ1) is 23.6. The maximum absolute atomic E-state index is 12.6. The summed E-state index contributed by atoms with van der Waals surface area (Å²) < 4.78 is 33.9. The minimum atomic E-state index is -3.93. The van der Waals surface area contributed by atoms with Crippen molar-refractivity contribution in [3.05, 3.63) is 71.2 Å². The van der Waals surface area contributed by atoms with Gasteiger partial charge in [-0.05, 0) is 43.3 Å². The fraction of sp³-hybridized carbons (Fsp3) is 0.143. The molecule has 2 heterocycles. The molecule has 180 valence electrons. The minimum Gasteiger partial charge on any atom is -0.465 e.